The molecule has 1 fully saturated rings. The lowest BCUT2D eigenvalue weighted by Crippen LogP contribution is -2.28. The molecule has 0 spiro atoms. The third-order valence-corrected chi connectivity index (χ3v) is 6.03. The van der Waals surface area contributed by atoms with Crippen molar-refractivity contribution >= 4 is 15.9 Å². The van der Waals surface area contributed by atoms with Gasteiger partial charge in [-0.15, -0.1) is 0 Å². The summed E-state index contributed by atoms with van der Waals surface area (Å²) in [7, 11) is -3.92. The highest BCUT2D eigenvalue weighted by Crippen LogP contribution is 2.23. The minimum Gasteiger partial charge on any atom is -0.435 e. The highest BCUT2D eigenvalue weighted by molar-refractivity contribution is 7.89. The van der Waals surface area contributed by atoms with Gasteiger partial charge in [-0.2, -0.15) is 8.78 Å². The first-order valence-corrected chi connectivity index (χ1v) is 10.3. The Balaban J connectivity index is 1.72. The van der Waals surface area contributed by atoms with Crippen molar-refractivity contribution in [2.45, 2.75) is 37.3 Å². The van der Waals surface area contributed by atoms with Gasteiger partial charge < -0.3 is 14.6 Å². The molecular weight excluding hydrogens is 392 g/mol. The highest BCUT2D eigenvalue weighted by atomic mass is 32.2. The summed E-state index contributed by atoms with van der Waals surface area (Å²) in [6.07, 6.45) is 3.13. The van der Waals surface area contributed by atoms with E-state index in [4.69, 9.17) is 0 Å². The van der Waals surface area contributed by atoms with E-state index in [0.29, 0.717) is 18.7 Å². The van der Waals surface area contributed by atoms with E-state index >= 15 is 0 Å². The van der Waals surface area contributed by atoms with Crippen molar-refractivity contribution in [2.24, 2.45) is 0 Å². The van der Waals surface area contributed by atoms with Gasteiger partial charge in [-0.3, -0.25) is 4.79 Å². The Labute approximate surface area is 161 Å². The first-order chi connectivity index (χ1) is 13.3. The van der Waals surface area contributed by atoms with Crippen molar-refractivity contribution in [3.63, 3.8) is 0 Å². The second-order valence-electron chi connectivity index (χ2n) is 6.54. The largest absolute Gasteiger partial charge is 0.435 e. The third-order valence-electron chi connectivity index (χ3n) is 4.51. The smallest absolute Gasteiger partial charge is 0.387 e. The molecule has 2 N–H and O–H groups in total. The molecule has 0 radical (unpaired) electrons. The van der Waals surface area contributed by atoms with E-state index in [2.05, 4.69) is 14.4 Å². The summed E-state index contributed by atoms with van der Waals surface area (Å²) in [5, 5.41) is 0. The van der Waals surface area contributed by atoms with Crippen LogP contribution in [0, 0.1) is 0 Å². The predicted molar refractivity (Wildman–Crippen MR) is 97.7 cm³/mol. The number of rotatable bonds is 7. The molecule has 1 aliphatic heterocycles. The van der Waals surface area contributed by atoms with Crippen LogP contribution in [0.2, 0.25) is 0 Å². The number of likely N-dealkylation sites (tertiary alicyclic amines) is 1. The molecule has 1 amide bonds. The molecule has 0 saturated carbocycles. The van der Waals surface area contributed by atoms with Crippen LogP contribution in [-0.2, 0) is 10.0 Å². The van der Waals surface area contributed by atoms with Crippen LogP contribution in [0.5, 0.6) is 5.75 Å². The summed E-state index contributed by atoms with van der Waals surface area (Å²) in [6.45, 7) is -0.0609. The SMILES string of the molecule is CC(NS(=O)(=O)c1c[nH]c(C(=O)N2CCCC2)c1)c1cccc(OC(F)F)c1. The van der Waals surface area contributed by atoms with Crippen LogP contribution in [0.15, 0.2) is 41.4 Å². The summed E-state index contributed by atoms with van der Waals surface area (Å²) in [5.41, 5.74) is 0.674. The number of hydrogen-bond acceptors (Lipinski definition) is 4. The van der Waals surface area contributed by atoms with E-state index in [1.807, 2.05) is 0 Å². The lowest BCUT2D eigenvalue weighted by Gasteiger charge is -2.15. The van der Waals surface area contributed by atoms with Crippen molar-refractivity contribution in [1.82, 2.24) is 14.6 Å². The Morgan fingerprint density at radius 2 is 1.96 bits per heavy atom. The Morgan fingerprint density at radius 3 is 2.64 bits per heavy atom. The van der Waals surface area contributed by atoms with Gasteiger partial charge in [0.2, 0.25) is 10.0 Å². The molecule has 7 nitrogen and oxygen atoms in total. The number of carbonyl (C=O) groups is 1. The zero-order valence-corrected chi connectivity index (χ0v) is 16.0. The van der Waals surface area contributed by atoms with Crippen LogP contribution < -0.4 is 9.46 Å². The zero-order chi connectivity index (χ0) is 20.3. The molecule has 3 rings (SSSR count). The molecule has 1 aliphatic rings. The molecule has 152 valence electrons. The Kier molecular flexibility index (Phi) is 5.99. The standard InChI is InChI=1S/C18H21F2N3O4S/c1-12(13-5-4-6-14(9-13)27-18(19)20)22-28(25,26)15-10-16(21-11-15)17(24)23-7-2-3-8-23/h4-6,9-12,18,21-22H,2-3,7-8H2,1H3. The minimum absolute atomic E-state index is 0.0568. The molecule has 1 unspecified atom stereocenters. The highest BCUT2D eigenvalue weighted by Gasteiger charge is 2.25. The number of halogens is 2. The van der Waals surface area contributed by atoms with Gasteiger partial charge in [-0.25, -0.2) is 13.1 Å². The number of benzene rings is 1. The summed E-state index contributed by atoms with van der Waals surface area (Å²) >= 11 is 0. The molecule has 0 bridgehead atoms. The molecule has 1 aromatic carbocycles. The number of carbonyl (C=O) groups excluding carboxylic acids is 1. The lowest BCUT2D eigenvalue weighted by molar-refractivity contribution is -0.0499. The van der Waals surface area contributed by atoms with Crippen molar-refractivity contribution in [3.05, 3.63) is 47.8 Å². The first kappa shape index (κ1) is 20.3. The van der Waals surface area contributed by atoms with Gasteiger partial charge >= 0.3 is 6.61 Å². The Hall–Kier alpha value is -2.46. The maximum absolute atomic E-state index is 12.6. The van der Waals surface area contributed by atoms with Gasteiger partial charge in [-0.05, 0) is 43.5 Å². The van der Waals surface area contributed by atoms with Crippen LogP contribution in [0.25, 0.3) is 0 Å². The number of sulfonamides is 1. The second kappa shape index (κ2) is 8.27. The van der Waals surface area contributed by atoms with Crippen molar-refractivity contribution in [2.75, 3.05) is 13.1 Å². The maximum atomic E-state index is 12.6. The Bertz CT molecular complexity index is 940. The van der Waals surface area contributed by atoms with E-state index < -0.39 is 22.7 Å². The number of nitrogens with one attached hydrogen (secondary N) is 2. The molecule has 1 aromatic heterocycles. The van der Waals surface area contributed by atoms with E-state index in [0.717, 1.165) is 12.8 Å². The number of amides is 1. The van der Waals surface area contributed by atoms with Gasteiger partial charge in [0.15, 0.2) is 0 Å². The molecule has 1 saturated heterocycles. The molecular formula is C18H21F2N3O4S. The fourth-order valence-corrected chi connectivity index (χ4v) is 4.30. The average Bonchev–Trinajstić information content (AvgIpc) is 3.33. The predicted octanol–water partition coefficient (Wildman–Crippen LogP) is 2.89. The summed E-state index contributed by atoms with van der Waals surface area (Å²) in [4.78, 5) is 16.7. The first-order valence-electron chi connectivity index (χ1n) is 8.81. The van der Waals surface area contributed by atoms with E-state index in [1.165, 1.54) is 30.5 Å². The molecule has 2 aromatic rings. The normalized spacial score (nSPS) is 15.8. The average molecular weight is 413 g/mol. The number of H-pyrrole nitrogens is 1. The van der Waals surface area contributed by atoms with Crippen LogP contribution in [0.4, 0.5) is 8.78 Å². The van der Waals surface area contributed by atoms with Crippen LogP contribution >= 0.6 is 0 Å². The van der Waals surface area contributed by atoms with E-state index in [1.54, 1.807) is 17.9 Å². The number of nitrogens with zero attached hydrogens (tertiary/aromatic N) is 1. The maximum Gasteiger partial charge on any atom is 0.387 e. The van der Waals surface area contributed by atoms with Gasteiger partial charge in [0.05, 0.1) is 0 Å². The van der Waals surface area contributed by atoms with Gasteiger partial charge in [-0.1, -0.05) is 12.1 Å². The van der Waals surface area contributed by atoms with Crippen LogP contribution in [0.3, 0.4) is 0 Å². The van der Waals surface area contributed by atoms with Gasteiger partial charge in [0, 0.05) is 25.3 Å². The van der Waals surface area contributed by atoms with Crippen molar-refractivity contribution in [1.29, 1.82) is 0 Å². The fourth-order valence-electron chi connectivity index (χ4n) is 3.07. The number of hydrogen-bond donors (Lipinski definition) is 2. The summed E-state index contributed by atoms with van der Waals surface area (Å²) in [5.74, 6) is -0.289. The summed E-state index contributed by atoms with van der Waals surface area (Å²) < 4.78 is 56.8. The van der Waals surface area contributed by atoms with Crippen LogP contribution in [-0.4, -0.2) is 43.9 Å². The van der Waals surface area contributed by atoms with Crippen molar-refractivity contribution < 1.29 is 26.7 Å². The molecule has 1 atom stereocenters. The number of alkyl halides is 2. The van der Waals surface area contributed by atoms with Gasteiger partial charge in [0.1, 0.15) is 16.3 Å². The molecule has 28 heavy (non-hydrogen) atoms. The van der Waals surface area contributed by atoms with E-state index in [-0.39, 0.29) is 22.2 Å². The zero-order valence-electron chi connectivity index (χ0n) is 15.2. The number of ether oxygens (including phenoxy) is 1. The van der Waals surface area contributed by atoms with Crippen LogP contribution in [0.1, 0.15) is 41.9 Å². The molecule has 10 heteroatoms. The summed E-state index contributed by atoms with van der Waals surface area (Å²) in [6, 6.07) is 6.41. The number of aromatic nitrogens is 1. The number of aromatic amines is 1. The molecule has 2 heterocycles. The fraction of sp³-hybridized carbons (Fsp3) is 0.389. The Morgan fingerprint density at radius 1 is 1.25 bits per heavy atom. The quantitative estimate of drug-likeness (QED) is 0.730. The molecule has 0 aliphatic carbocycles. The van der Waals surface area contributed by atoms with Crippen molar-refractivity contribution in [3.8, 4) is 5.75 Å². The topological polar surface area (TPSA) is 91.5 Å². The third kappa shape index (κ3) is 4.68. The monoisotopic (exact) mass is 413 g/mol. The second-order valence-corrected chi connectivity index (χ2v) is 8.26. The minimum atomic E-state index is -3.92. The lowest BCUT2D eigenvalue weighted by atomic mass is 10.1. The van der Waals surface area contributed by atoms with Gasteiger partial charge in [0.25, 0.3) is 5.91 Å². The van der Waals surface area contributed by atoms with E-state index in [9.17, 15) is 22.0 Å².